The molecule has 2 aromatic rings. The highest BCUT2D eigenvalue weighted by Crippen LogP contribution is 2.41. The van der Waals surface area contributed by atoms with E-state index < -0.39 is 0 Å². The second-order valence-corrected chi connectivity index (χ2v) is 8.80. The van der Waals surface area contributed by atoms with Gasteiger partial charge in [0.15, 0.2) is 5.82 Å². The summed E-state index contributed by atoms with van der Waals surface area (Å²) in [5, 5.41) is 0. The molecule has 2 heteroatoms. The lowest BCUT2D eigenvalue weighted by Crippen LogP contribution is -2.23. The molecule has 0 N–H and O–H groups in total. The SMILES string of the molecule is CCc1ccc(-c2ncc(C3=CCC(C4CCC(CC)CC4)CC3)cn2)cc1. The Kier molecular flexibility index (Phi) is 6.24. The number of allylic oxidation sites excluding steroid dienone is 2. The predicted molar refractivity (Wildman–Crippen MR) is 118 cm³/mol. The van der Waals surface area contributed by atoms with Gasteiger partial charge in [-0.3, -0.25) is 0 Å². The van der Waals surface area contributed by atoms with Gasteiger partial charge in [0.2, 0.25) is 0 Å². The van der Waals surface area contributed by atoms with Crippen molar-refractivity contribution in [1.29, 1.82) is 0 Å². The van der Waals surface area contributed by atoms with Gasteiger partial charge >= 0.3 is 0 Å². The van der Waals surface area contributed by atoms with Gasteiger partial charge in [-0.05, 0) is 67.4 Å². The molecule has 0 radical (unpaired) electrons. The van der Waals surface area contributed by atoms with Crippen molar-refractivity contribution in [3.8, 4) is 11.4 Å². The summed E-state index contributed by atoms with van der Waals surface area (Å²) in [7, 11) is 0. The Morgan fingerprint density at radius 1 is 0.821 bits per heavy atom. The van der Waals surface area contributed by atoms with Gasteiger partial charge in [-0.25, -0.2) is 9.97 Å². The Morgan fingerprint density at radius 3 is 2.11 bits per heavy atom. The van der Waals surface area contributed by atoms with E-state index in [1.807, 2.05) is 12.4 Å². The fourth-order valence-corrected chi connectivity index (χ4v) is 5.15. The Hall–Kier alpha value is -1.96. The lowest BCUT2D eigenvalue weighted by molar-refractivity contribution is 0.192. The summed E-state index contributed by atoms with van der Waals surface area (Å²) in [6.07, 6.45) is 18.6. The molecule has 0 aliphatic heterocycles. The van der Waals surface area contributed by atoms with E-state index in [1.54, 1.807) is 0 Å². The van der Waals surface area contributed by atoms with Crippen molar-refractivity contribution >= 4 is 5.57 Å². The molecule has 28 heavy (non-hydrogen) atoms. The summed E-state index contributed by atoms with van der Waals surface area (Å²) in [6.45, 7) is 4.53. The van der Waals surface area contributed by atoms with Gasteiger partial charge in [-0.2, -0.15) is 0 Å². The molecule has 1 unspecified atom stereocenters. The molecule has 1 atom stereocenters. The van der Waals surface area contributed by atoms with Gasteiger partial charge in [0, 0.05) is 23.5 Å². The van der Waals surface area contributed by atoms with Crippen LogP contribution in [-0.4, -0.2) is 9.97 Å². The normalized spacial score (nSPS) is 25.4. The van der Waals surface area contributed by atoms with Crippen LogP contribution >= 0.6 is 0 Å². The third-order valence-corrected chi connectivity index (χ3v) is 7.23. The zero-order chi connectivity index (χ0) is 19.3. The molecule has 0 saturated heterocycles. The molecule has 4 rings (SSSR count). The van der Waals surface area contributed by atoms with E-state index in [-0.39, 0.29) is 0 Å². The topological polar surface area (TPSA) is 25.8 Å². The summed E-state index contributed by atoms with van der Waals surface area (Å²) < 4.78 is 0. The second-order valence-electron chi connectivity index (χ2n) is 8.80. The van der Waals surface area contributed by atoms with Gasteiger partial charge in [-0.1, -0.05) is 63.5 Å². The first-order chi connectivity index (χ1) is 13.8. The molecule has 0 bridgehead atoms. The van der Waals surface area contributed by atoms with Gasteiger partial charge in [0.25, 0.3) is 0 Å². The maximum Gasteiger partial charge on any atom is 0.159 e. The number of nitrogens with zero attached hydrogens (tertiary/aromatic N) is 2. The Morgan fingerprint density at radius 2 is 1.54 bits per heavy atom. The first kappa shape index (κ1) is 19.4. The fourth-order valence-electron chi connectivity index (χ4n) is 5.15. The summed E-state index contributed by atoms with van der Waals surface area (Å²) in [5.41, 5.74) is 5.11. The lowest BCUT2D eigenvalue weighted by Gasteiger charge is -2.35. The van der Waals surface area contributed by atoms with E-state index >= 15 is 0 Å². The van der Waals surface area contributed by atoms with Crippen LogP contribution in [-0.2, 0) is 6.42 Å². The van der Waals surface area contributed by atoms with E-state index in [0.29, 0.717) is 0 Å². The molecule has 2 aliphatic rings. The Bertz CT molecular complexity index is 780. The number of aromatic nitrogens is 2. The number of benzene rings is 1. The average Bonchev–Trinajstić information content (AvgIpc) is 2.79. The maximum atomic E-state index is 4.65. The van der Waals surface area contributed by atoms with E-state index in [9.17, 15) is 0 Å². The van der Waals surface area contributed by atoms with Crippen molar-refractivity contribution in [3.63, 3.8) is 0 Å². The molecule has 1 saturated carbocycles. The van der Waals surface area contributed by atoms with Crippen LogP contribution < -0.4 is 0 Å². The highest BCUT2D eigenvalue weighted by molar-refractivity contribution is 5.66. The summed E-state index contributed by atoms with van der Waals surface area (Å²) in [4.78, 5) is 9.31. The molecule has 0 amide bonds. The maximum absolute atomic E-state index is 4.65. The fraction of sp³-hybridized carbons (Fsp3) is 0.538. The van der Waals surface area contributed by atoms with Crippen LogP contribution in [0.1, 0.15) is 76.3 Å². The Balaban J connectivity index is 1.38. The van der Waals surface area contributed by atoms with Crippen LogP contribution in [0.25, 0.3) is 17.0 Å². The number of rotatable bonds is 5. The molecule has 1 aromatic carbocycles. The average molecular weight is 375 g/mol. The van der Waals surface area contributed by atoms with E-state index in [2.05, 4.69) is 54.2 Å². The lowest BCUT2D eigenvalue weighted by atomic mass is 9.71. The standard InChI is InChI=1S/C26H34N2/c1-3-19-5-9-21(10-6-19)22-13-15-23(16-14-22)25-17-27-26(28-18-25)24-11-7-20(4-2)8-12-24/h7-8,11-12,15,17-19,21-22H,3-6,9-10,13-14,16H2,1-2H3. The van der Waals surface area contributed by atoms with Crippen molar-refractivity contribution in [2.75, 3.05) is 0 Å². The van der Waals surface area contributed by atoms with Crippen LogP contribution in [0.15, 0.2) is 42.7 Å². The highest BCUT2D eigenvalue weighted by atomic mass is 14.9. The second kappa shape index (κ2) is 9.03. The van der Waals surface area contributed by atoms with Crippen LogP contribution in [0, 0.1) is 17.8 Å². The smallest absolute Gasteiger partial charge is 0.159 e. The van der Waals surface area contributed by atoms with Crippen LogP contribution in [0.2, 0.25) is 0 Å². The van der Waals surface area contributed by atoms with Crippen LogP contribution in [0.5, 0.6) is 0 Å². The summed E-state index contributed by atoms with van der Waals surface area (Å²) >= 11 is 0. The molecule has 148 valence electrons. The van der Waals surface area contributed by atoms with Gasteiger partial charge in [0.05, 0.1) is 0 Å². The van der Waals surface area contributed by atoms with E-state index in [1.165, 1.54) is 68.1 Å². The van der Waals surface area contributed by atoms with Crippen LogP contribution in [0.4, 0.5) is 0 Å². The first-order valence-corrected chi connectivity index (χ1v) is 11.4. The predicted octanol–water partition coefficient (Wildman–Crippen LogP) is 7.11. The third-order valence-electron chi connectivity index (χ3n) is 7.23. The molecule has 1 aromatic heterocycles. The van der Waals surface area contributed by atoms with E-state index in [4.69, 9.17) is 0 Å². The highest BCUT2D eigenvalue weighted by Gasteiger charge is 2.28. The number of aryl methyl sites for hydroxylation is 1. The third kappa shape index (κ3) is 4.37. The van der Waals surface area contributed by atoms with E-state index in [0.717, 1.165) is 35.6 Å². The van der Waals surface area contributed by atoms with Crippen molar-refractivity contribution < 1.29 is 0 Å². The monoisotopic (exact) mass is 374 g/mol. The van der Waals surface area contributed by atoms with Crippen molar-refractivity contribution in [2.24, 2.45) is 17.8 Å². The number of hydrogen-bond acceptors (Lipinski definition) is 2. The van der Waals surface area contributed by atoms with Gasteiger partial charge in [0.1, 0.15) is 0 Å². The molecule has 0 spiro atoms. The molecule has 1 heterocycles. The Labute approximate surface area is 170 Å². The van der Waals surface area contributed by atoms with Crippen molar-refractivity contribution in [1.82, 2.24) is 9.97 Å². The van der Waals surface area contributed by atoms with Crippen LogP contribution in [0.3, 0.4) is 0 Å². The minimum absolute atomic E-state index is 0.827. The first-order valence-electron chi connectivity index (χ1n) is 11.4. The minimum atomic E-state index is 0.827. The minimum Gasteiger partial charge on any atom is -0.236 e. The summed E-state index contributed by atoms with van der Waals surface area (Å²) in [5.74, 6) is 3.69. The largest absolute Gasteiger partial charge is 0.236 e. The molecule has 2 nitrogen and oxygen atoms in total. The quantitative estimate of drug-likeness (QED) is 0.557. The zero-order valence-electron chi connectivity index (χ0n) is 17.5. The summed E-state index contributed by atoms with van der Waals surface area (Å²) in [6, 6.07) is 8.60. The molecular weight excluding hydrogens is 340 g/mol. The van der Waals surface area contributed by atoms with Crippen molar-refractivity contribution in [3.05, 3.63) is 53.9 Å². The van der Waals surface area contributed by atoms with Gasteiger partial charge in [-0.15, -0.1) is 0 Å². The molecular formula is C26H34N2. The van der Waals surface area contributed by atoms with Crippen molar-refractivity contribution in [2.45, 2.75) is 71.6 Å². The number of hydrogen-bond donors (Lipinski definition) is 0. The van der Waals surface area contributed by atoms with Gasteiger partial charge < -0.3 is 0 Å². The zero-order valence-corrected chi connectivity index (χ0v) is 17.5. The molecule has 1 fully saturated rings. The molecule has 2 aliphatic carbocycles.